The van der Waals surface area contributed by atoms with Crippen LogP contribution in [0.5, 0.6) is 0 Å². The second-order valence-electron chi connectivity index (χ2n) is 4.41. The van der Waals surface area contributed by atoms with Gasteiger partial charge >= 0.3 is 5.69 Å². The van der Waals surface area contributed by atoms with Crippen LogP contribution < -0.4 is 0 Å². The number of ether oxygens (including phenoxy) is 2. The molecule has 8 nitrogen and oxygen atoms in total. The number of fused-ring (bicyclic) bond motifs is 2. The molecule has 1 aromatic heterocycles. The molecule has 1 aromatic rings. The number of hydrogen-bond acceptors (Lipinski definition) is 6. The molecule has 0 amide bonds. The van der Waals surface area contributed by atoms with Crippen LogP contribution in [-0.2, 0) is 14.3 Å². The molecule has 2 bridgehead atoms. The average Bonchev–Trinajstić information content (AvgIpc) is 2.89. The quantitative estimate of drug-likeness (QED) is 0.557. The Hall–Kier alpha value is -1.80. The summed E-state index contributed by atoms with van der Waals surface area (Å²) in [5.41, 5.74) is 0.275. The molecule has 3 heterocycles. The van der Waals surface area contributed by atoms with Gasteiger partial charge in [0, 0.05) is 6.42 Å². The van der Waals surface area contributed by atoms with Crippen LogP contribution in [0.3, 0.4) is 0 Å². The van der Waals surface area contributed by atoms with Crippen molar-refractivity contribution in [1.82, 2.24) is 9.78 Å². The number of nitrogens with zero attached hydrogens (tertiary/aromatic N) is 3. The van der Waals surface area contributed by atoms with Gasteiger partial charge in [0.15, 0.2) is 5.78 Å². The topological polar surface area (TPSA) is 96.5 Å². The summed E-state index contributed by atoms with van der Waals surface area (Å²) in [6.45, 7) is 1.88. The highest BCUT2D eigenvalue weighted by atomic mass is 16.7. The van der Waals surface area contributed by atoms with E-state index in [1.54, 1.807) is 6.92 Å². The van der Waals surface area contributed by atoms with Crippen molar-refractivity contribution in [1.29, 1.82) is 0 Å². The van der Waals surface area contributed by atoms with Crippen molar-refractivity contribution < 1.29 is 19.2 Å². The number of rotatable bonds is 2. The van der Waals surface area contributed by atoms with Crippen LogP contribution in [0.2, 0.25) is 0 Å². The van der Waals surface area contributed by atoms with Crippen molar-refractivity contribution in [3.8, 4) is 0 Å². The maximum absolute atomic E-state index is 11.6. The summed E-state index contributed by atoms with van der Waals surface area (Å²) in [6.07, 6.45) is 0.535. The molecule has 3 rings (SSSR count). The number of aromatic nitrogens is 2. The van der Waals surface area contributed by atoms with Crippen molar-refractivity contribution in [3.05, 3.63) is 22.0 Å². The smallest absolute Gasteiger partial charge is 0.309 e. The minimum atomic E-state index is -0.766. The van der Waals surface area contributed by atoms with E-state index in [0.717, 1.165) is 0 Å². The highest BCUT2D eigenvalue weighted by Crippen LogP contribution is 2.33. The van der Waals surface area contributed by atoms with Crippen LogP contribution in [-0.4, -0.2) is 39.5 Å². The zero-order valence-corrected chi connectivity index (χ0v) is 9.61. The largest absolute Gasteiger partial charge is 0.343 e. The fraction of sp³-hybridized carbons (Fsp3) is 0.600. The fourth-order valence-electron chi connectivity index (χ4n) is 2.31. The molecule has 2 fully saturated rings. The summed E-state index contributed by atoms with van der Waals surface area (Å²) in [4.78, 5) is 21.9. The SMILES string of the molecule is Cc1nn([C@H]2CC(=O)[C@@H]3OC[C@H]2O3)cc1[N+](=O)[O-]. The molecular weight excluding hydrogens is 242 g/mol. The van der Waals surface area contributed by atoms with Gasteiger partial charge in [0.05, 0.1) is 17.6 Å². The van der Waals surface area contributed by atoms with E-state index < -0.39 is 11.2 Å². The minimum absolute atomic E-state index is 0.0523. The lowest BCUT2D eigenvalue weighted by molar-refractivity contribution is -0.385. The van der Waals surface area contributed by atoms with Gasteiger partial charge in [0.2, 0.25) is 6.29 Å². The molecule has 0 spiro atoms. The number of nitro groups is 1. The Balaban J connectivity index is 1.92. The molecule has 0 radical (unpaired) electrons. The molecule has 0 unspecified atom stereocenters. The summed E-state index contributed by atoms with van der Waals surface area (Å²) < 4.78 is 12.0. The number of carbonyl (C=O) groups excluding carboxylic acids is 1. The molecule has 2 aliphatic rings. The monoisotopic (exact) mass is 253 g/mol. The van der Waals surface area contributed by atoms with Crippen molar-refractivity contribution >= 4 is 11.5 Å². The lowest BCUT2D eigenvalue weighted by Crippen LogP contribution is -2.37. The van der Waals surface area contributed by atoms with Crippen LogP contribution in [0.1, 0.15) is 18.2 Å². The molecule has 0 saturated carbocycles. The van der Waals surface area contributed by atoms with E-state index in [2.05, 4.69) is 5.10 Å². The van der Waals surface area contributed by atoms with Crippen molar-refractivity contribution in [2.75, 3.05) is 6.61 Å². The summed E-state index contributed by atoms with van der Waals surface area (Å²) >= 11 is 0. The summed E-state index contributed by atoms with van der Waals surface area (Å²) in [5, 5.41) is 14.9. The van der Waals surface area contributed by atoms with E-state index in [9.17, 15) is 14.9 Å². The number of aryl methyl sites for hydroxylation is 1. The van der Waals surface area contributed by atoms with E-state index in [1.807, 2.05) is 0 Å². The van der Waals surface area contributed by atoms with Crippen molar-refractivity contribution in [2.24, 2.45) is 0 Å². The van der Waals surface area contributed by atoms with Gasteiger partial charge in [0.1, 0.15) is 18.0 Å². The summed E-state index contributed by atoms with van der Waals surface area (Å²) in [5.74, 6) is -0.149. The molecular formula is C10H11N3O5. The van der Waals surface area contributed by atoms with E-state index in [4.69, 9.17) is 9.47 Å². The second-order valence-corrected chi connectivity index (χ2v) is 4.41. The Bertz CT molecular complexity index is 526. The van der Waals surface area contributed by atoms with Gasteiger partial charge in [-0.2, -0.15) is 5.10 Å². The predicted molar refractivity (Wildman–Crippen MR) is 56.9 cm³/mol. The first-order valence-corrected chi connectivity index (χ1v) is 5.56. The second kappa shape index (κ2) is 3.85. The molecule has 2 saturated heterocycles. The highest BCUT2D eigenvalue weighted by molar-refractivity contribution is 5.83. The molecule has 2 aliphatic heterocycles. The number of carbonyl (C=O) groups is 1. The third kappa shape index (κ3) is 1.61. The standard InChI is InChI=1S/C10H11N3O5/c1-5-7(13(15)16)3-12(11-5)6-2-8(14)10-17-4-9(6)18-10/h3,6,9-10H,2,4H2,1H3/t6-,9+,10+/m0/s1. The Morgan fingerprint density at radius 3 is 3.06 bits per heavy atom. The van der Waals surface area contributed by atoms with E-state index in [0.29, 0.717) is 12.3 Å². The van der Waals surface area contributed by atoms with Crippen LogP contribution in [0.15, 0.2) is 6.20 Å². The van der Waals surface area contributed by atoms with E-state index >= 15 is 0 Å². The average molecular weight is 253 g/mol. The van der Waals surface area contributed by atoms with Crippen LogP contribution in [0.4, 0.5) is 5.69 Å². The zero-order chi connectivity index (χ0) is 12.9. The molecule has 18 heavy (non-hydrogen) atoms. The predicted octanol–water partition coefficient (Wildman–Crippen LogP) is 0.355. The van der Waals surface area contributed by atoms with Gasteiger partial charge < -0.3 is 9.47 Å². The van der Waals surface area contributed by atoms with Crippen LogP contribution >= 0.6 is 0 Å². The van der Waals surface area contributed by atoms with Gasteiger partial charge in [-0.25, -0.2) is 0 Å². The Morgan fingerprint density at radius 1 is 1.61 bits per heavy atom. The van der Waals surface area contributed by atoms with Gasteiger partial charge in [0.25, 0.3) is 0 Å². The normalized spacial score (nSPS) is 30.7. The van der Waals surface area contributed by atoms with Gasteiger partial charge in [-0.05, 0) is 6.92 Å². The fourth-order valence-corrected chi connectivity index (χ4v) is 2.31. The van der Waals surface area contributed by atoms with Crippen molar-refractivity contribution in [3.63, 3.8) is 0 Å². The Labute approximate surface area is 102 Å². The maximum atomic E-state index is 11.6. The maximum Gasteiger partial charge on any atom is 0.309 e. The first-order chi connectivity index (χ1) is 8.56. The minimum Gasteiger partial charge on any atom is -0.343 e. The molecule has 8 heteroatoms. The van der Waals surface area contributed by atoms with Gasteiger partial charge in [-0.1, -0.05) is 0 Å². The molecule has 0 aliphatic carbocycles. The summed E-state index contributed by atoms with van der Waals surface area (Å²) in [6, 6.07) is -0.330. The first kappa shape index (κ1) is 11.3. The van der Waals surface area contributed by atoms with Crippen molar-refractivity contribution in [2.45, 2.75) is 31.8 Å². The lowest BCUT2D eigenvalue weighted by atomic mass is 10.0. The van der Waals surface area contributed by atoms with Crippen LogP contribution in [0, 0.1) is 17.0 Å². The highest BCUT2D eigenvalue weighted by Gasteiger charge is 2.44. The number of Topliss-reactive ketones (excluding diaryl/α,β-unsaturated/α-hetero) is 1. The zero-order valence-electron chi connectivity index (χ0n) is 9.61. The lowest BCUT2D eigenvalue weighted by Gasteiger charge is -2.26. The third-order valence-corrected chi connectivity index (χ3v) is 3.24. The van der Waals surface area contributed by atoms with Crippen LogP contribution in [0.25, 0.3) is 0 Å². The van der Waals surface area contributed by atoms with Gasteiger partial charge in [-0.15, -0.1) is 0 Å². The third-order valence-electron chi connectivity index (χ3n) is 3.24. The number of ketones is 1. The molecule has 96 valence electrons. The molecule has 0 N–H and O–H groups in total. The van der Waals surface area contributed by atoms with E-state index in [1.165, 1.54) is 10.9 Å². The van der Waals surface area contributed by atoms with Gasteiger partial charge in [-0.3, -0.25) is 19.6 Å². The summed E-state index contributed by atoms with van der Waals surface area (Å²) in [7, 11) is 0. The number of hydrogen-bond donors (Lipinski definition) is 0. The van der Waals surface area contributed by atoms with E-state index in [-0.39, 0.29) is 30.0 Å². The molecule has 0 aromatic carbocycles. The molecule has 3 atom stereocenters. The first-order valence-electron chi connectivity index (χ1n) is 5.56. The Morgan fingerprint density at radius 2 is 2.39 bits per heavy atom. The Kier molecular flexibility index (Phi) is 2.42.